The van der Waals surface area contributed by atoms with Crippen molar-refractivity contribution in [2.24, 2.45) is 0 Å². The minimum Gasteiger partial charge on any atom is -0.399 e. The Kier molecular flexibility index (Phi) is 4.72. The highest BCUT2D eigenvalue weighted by molar-refractivity contribution is 7.86. The van der Waals surface area contributed by atoms with Gasteiger partial charge in [-0.3, -0.25) is 4.18 Å². The molecule has 6 heteroatoms. The Morgan fingerprint density at radius 1 is 1.19 bits per heavy atom. The van der Waals surface area contributed by atoms with Gasteiger partial charge in [0.15, 0.2) is 0 Å². The van der Waals surface area contributed by atoms with Crippen LogP contribution in [0, 0.1) is 0 Å². The molecule has 1 aromatic rings. The summed E-state index contributed by atoms with van der Waals surface area (Å²) in [6.07, 6.45) is 0. The molecule has 0 atom stereocenters. The summed E-state index contributed by atoms with van der Waals surface area (Å²) in [5.41, 5.74) is 5.96. The molecule has 0 fully saturated rings. The van der Waals surface area contributed by atoms with Crippen molar-refractivity contribution in [2.75, 3.05) is 25.6 Å². The van der Waals surface area contributed by atoms with Crippen LogP contribution < -0.4 is 5.73 Å². The molecule has 0 saturated carbocycles. The number of hydrogen-bond donors (Lipinski definition) is 1. The third-order valence-electron chi connectivity index (χ3n) is 1.84. The molecular formula is C10H15NO4S. The highest BCUT2D eigenvalue weighted by atomic mass is 32.2. The molecule has 0 bridgehead atoms. The second-order valence-electron chi connectivity index (χ2n) is 3.04. The molecule has 0 heterocycles. The van der Waals surface area contributed by atoms with E-state index in [1.54, 1.807) is 0 Å². The minimum absolute atomic E-state index is 0.0144. The molecule has 0 aromatic heterocycles. The number of nitrogen functional groups attached to an aromatic ring is 1. The van der Waals surface area contributed by atoms with Crippen LogP contribution in [-0.4, -0.2) is 28.2 Å². The first kappa shape index (κ1) is 13.0. The molecule has 0 unspecified atom stereocenters. The van der Waals surface area contributed by atoms with E-state index >= 15 is 0 Å². The van der Waals surface area contributed by atoms with Crippen LogP contribution >= 0.6 is 0 Å². The lowest BCUT2D eigenvalue weighted by Gasteiger charge is -2.05. The van der Waals surface area contributed by atoms with E-state index in [4.69, 9.17) is 14.7 Å². The third-order valence-corrected chi connectivity index (χ3v) is 3.17. The van der Waals surface area contributed by atoms with Crippen molar-refractivity contribution in [3.63, 3.8) is 0 Å². The van der Waals surface area contributed by atoms with Gasteiger partial charge in [-0.25, -0.2) is 0 Å². The Bertz CT molecular complexity index is 413. The van der Waals surface area contributed by atoms with Gasteiger partial charge in [0, 0.05) is 12.3 Å². The fourth-order valence-electron chi connectivity index (χ4n) is 1.05. The third kappa shape index (κ3) is 3.80. The van der Waals surface area contributed by atoms with Crippen molar-refractivity contribution in [1.82, 2.24) is 0 Å². The quantitative estimate of drug-likeness (QED) is 0.459. The number of benzene rings is 1. The Morgan fingerprint density at radius 3 is 2.38 bits per heavy atom. The van der Waals surface area contributed by atoms with Crippen molar-refractivity contribution < 1.29 is 17.3 Å². The summed E-state index contributed by atoms with van der Waals surface area (Å²) in [5, 5.41) is 0. The topological polar surface area (TPSA) is 78.6 Å². The highest BCUT2D eigenvalue weighted by Crippen LogP contribution is 2.13. The first-order valence-electron chi connectivity index (χ1n) is 4.89. The van der Waals surface area contributed by atoms with Crippen molar-refractivity contribution in [3.05, 3.63) is 24.3 Å². The molecule has 2 N–H and O–H groups in total. The normalized spacial score (nSPS) is 11.6. The lowest BCUT2D eigenvalue weighted by molar-refractivity contribution is 0.112. The summed E-state index contributed by atoms with van der Waals surface area (Å²) >= 11 is 0. The molecule has 0 radical (unpaired) electrons. The van der Waals surface area contributed by atoms with Gasteiger partial charge in [-0.15, -0.1) is 0 Å². The highest BCUT2D eigenvalue weighted by Gasteiger charge is 2.14. The van der Waals surface area contributed by atoms with Crippen molar-refractivity contribution in [3.8, 4) is 0 Å². The fourth-order valence-corrected chi connectivity index (χ4v) is 1.94. The van der Waals surface area contributed by atoms with Crippen molar-refractivity contribution in [1.29, 1.82) is 0 Å². The summed E-state index contributed by atoms with van der Waals surface area (Å²) in [6, 6.07) is 5.84. The maximum atomic E-state index is 11.6. The molecule has 0 spiro atoms. The largest absolute Gasteiger partial charge is 0.399 e. The molecule has 1 aromatic carbocycles. The number of ether oxygens (including phenoxy) is 1. The number of hydrogen-bond acceptors (Lipinski definition) is 5. The second-order valence-corrected chi connectivity index (χ2v) is 4.66. The average molecular weight is 245 g/mol. The van der Waals surface area contributed by atoms with Crippen molar-refractivity contribution >= 4 is 15.8 Å². The van der Waals surface area contributed by atoms with E-state index in [9.17, 15) is 8.42 Å². The zero-order valence-electron chi connectivity index (χ0n) is 9.05. The summed E-state index contributed by atoms with van der Waals surface area (Å²) in [4.78, 5) is 0.0956. The van der Waals surface area contributed by atoms with Crippen LogP contribution in [0.3, 0.4) is 0 Å². The minimum atomic E-state index is -3.69. The SMILES string of the molecule is CCOCCOS(=O)(=O)c1ccc(N)cc1. The van der Waals surface area contributed by atoms with E-state index in [0.29, 0.717) is 12.3 Å². The van der Waals surface area contributed by atoms with Gasteiger partial charge in [-0.05, 0) is 31.2 Å². The molecule has 0 saturated heterocycles. The van der Waals surface area contributed by atoms with Crippen molar-refractivity contribution in [2.45, 2.75) is 11.8 Å². The van der Waals surface area contributed by atoms with Gasteiger partial charge in [-0.2, -0.15) is 8.42 Å². The molecule has 16 heavy (non-hydrogen) atoms. The molecular weight excluding hydrogens is 230 g/mol. The molecule has 0 aliphatic heterocycles. The molecule has 0 aliphatic carbocycles. The summed E-state index contributed by atoms with van der Waals surface area (Å²) in [5.74, 6) is 0. The number of nitrogens with two attached hydrogens (primary N) is 1. The maximum Gasteiger partial charge on any atom is 0.297 e. The smallest absolute Gasteiger partial charge is 0.297 e. The lowest BCUT2D eigenvalue weighted by atomic mass is 10.3. The predicted molar refractivity (Wildman–Crippen MR) is 60.5 cm³/mol. The van der Waals surface area contributed by atoms with E-state index < -0.39 is 10.1 Å². The van der Waals surface area contributed by atoms with E-state index in [1.807, 2.05) is 6.92 Å². The van der Waals surface area contributed by atoms with Crippen LogP contribution in [0.25, 0.3) is 0 Å². The number of anilines is 1. The van der Waals surface area contributed by atoms with Gasteiger partial charge in [0.2, 0.25) is 0 Å². The number of rotatable bonds is 6. The van der Waals surface area contributed by atoms with Gasteiger partial charge in [-0.1, -0.05) is 0 Å². The Hall–Kier alpha value is -1.11. The monoisotopic (exact) mass is 245 g/mol. The van der Waals surface area contributed by atoms with E-state index in [1.165, 1.54) is 24.3 Å². The summed E-state index contributed by atoms with van der Waals surface area (Å²) in [7, 11) is -3.69. The Labute approximate surface area is 95.3 Å². The molecule has 5 nitrogen and oxygen atoms in total. The zero-order valence-corrected chi connectivity index (χ0v) is 9.87. The van der Waals surface area contributed by atoms with E-state index in [-0.39, 0.29) is 18.1 Å². The Morgan fingerprint density at radius 2 is 1.81 bits per heavy atom. The van der Waals surface area contributed by atoms with E-state index in [2.05, 4.69) is 0 Å². The van der Waals surface area contributed by atoms with E-state index in [0.717, 1.165) is 0 Å². The standard InChI is InChI=1S/C10H15NO4S/c1-2-14-7-8-15-16(12,13)10-5-3-9(11)4-6-10/h3-6H,2,7-8,11H2,1H3. The second kappa shape index (κ2) is 5.83. The first-order valence-corrected chi connectivity index (χ1v) is 6.30. The summed E-state index contributed by atoms with van der Waals surface area (Å²) in [6.45, 7) is 2.63. The maximum absolute atomic E-state index is 11.6. The zero-order chi connectivity index (χ0) is 12.0. The van der Waals surface area contributed by atoms with Crippen LogP contribution in [0.15, 0.2) is 29.2 Å². The lowest BCUT2D eigenvalue weighted by Crippen LogP contribution is -2.11. The molecule has 1 rings (SSSR count). The average Bonchev–Trinajstić information content (AvgIpc) is 2.25. The molecule has 90 valence electrons. The Balaban J connectivity index is 2.60. The van der Waals surface area contributed by atoms with Gasteiger partial charge in [0.05, 0.1) is 18.1 Å². The van der Waals surface area contributed by atoms with Gasteiger partial charge >= 0.3 is 0 Å². The molecule has 0 amide bonds. The fraction of sp³-hybridized carbons (Fsp3) is 0.400. The van der Waals surface area contributed by atoms with Crippen LogP contribution in [0.1, 0.15) is 6.92 Å². The molecule has 0 aliphatic rings. The van der Waals surface area contributed by atoms with Crippen LogP contribution in [-0.2, 0) is 19.0 Å². The first-order chi connectivity index (χ1) is 7.56. The van der Waals surface area contributed by atoms with Gasteiger partial charge in [0.1, 0.15) is 0 Å². The van der Waals surface area contributed by atoms with Crippen LogP contribution in [0.5, 0.6) is 0 Å². The summed E-state index contributed by atoms with van der Waals surface area (Å²) < 4.78 is 32.9. The van der Waals surface area contributed by atoms with Crippen LogP contribution in [0.2, 0.25) is 0 Å². The van der Waals surface area contributed by atoms with Gasteiger partial charge in [0.25, 0.3) is 10.1 Å². The van der Waals surface area contributed by atoms with Crippen LogP contribution in [0.4, 0.5) is 5.69 Å². The predicted octanol–water partition coefficient (Wildman–Crippen LogP) is 1.01. The van der Waals surface area contributed by atoms with Gasteiger partial charge < -0.3 is 10.5 Å².